The molecule has 5 rings (SSSR count). The molecule has 2 heterocycles. The van der Waals surface area contributed by atoms with E-state index in [-0.39, 0.29) is 5.91 Å². The highest BCUT2D eigenvalue weighted by molar-refractivity contribution is 5.99. The van der Waals surface area contributed by atoms with Crippen molar-refractivity contribution in [3.05, 3.63) is 115 Å². The number of nitrogens with one attached hydrogen (secondary N) is 1. The number of hydrogen-bond acceptors (Lipinski definition) is 3. The van der Waals surface area contributed by atoms with Crippen LogP contribution < -0.4 is 5.32 Å². The molecule has 0 saturated heterocycles. The lowest BCUT2D eigenvalue weighted by Gasteiger charge is -2.07. The summed E-state index contributed by atoms with van der Waals surface area (Å²) >= 11 is 0. The third-order valence-electron chi connectivity index (χ3n) is 5.48. The highest BCUT2D eigenvalue weighted by Crippen LogP contribution is 2.25. The zero-order chi connectivity index (χ0) is 21.8. The largest absolute Gasteiger partial charge is 0.352 e. The summed E-state index contributed by atoms with van der Waals surface area (Å²) in [7, 11) is 0. The Bertz CT molecular complexity index is 1340. The number of fused-ring (bicyclic) bond motifs is 1. The lowest BCUT2D eigenvalue weighted by Crippen LogP contribution is -2.25. The predicted molar refractivity (Wildman–Crippen MR) is 126 cm³/mol. The molecule has 0 atom stereocenters. The summed E-state index contributed by atoms with van der Waals surface area (Å²) in [6, 6.07) is 30.6. The van der Waals surface area contributed by atoms with Gasteiger partial charge in [0.05, 0.1) is 11.9 Å². The van der Waals surface area contributed by atoms with Crippen LogP contribution in [-0.4, -0.2) is 27.0 Å². The minimum atomic E-state index is -0.167. The van der Waals surface area contributed by atoms with Crippen molar-refractivity contribution in [3.8, 4) is 22.4 Å². The molecule has 0 aliphatic carbocycles. The lowest BCUT2D eigenvalue weighted by molar-refractivity contribution is 0.0955. The van der Waals surface area contributed by atoms with E-state index in [1.165, 1.54) is 11.1 Å². The summed E-state index contributed by atoms with van der Waals surface area (Å²) in [6.45, 7) is 0.556. The van der Waals surface area contributed by atoms with E-state index >= 15 is 0 Å². The Balaban J connectivity index is 1.36. The molecule has 1 N–H and O–H groups in total. The van der Waals surface area contributed by atoms with Crippen molar-refractivity contribution in [2.45, 2.75) is 6.42 Å². The van der Waals surface area contributed by atoms with Crippen molar-refractivity contribution in [1.29, 1.82) is 0 Å². The summed E-state index contributed by atoms with van der Waals surface area (Å²) in [5, 5.41) is 7.43. The zero-order valence-electron chi connectivity index (χ0n) is 17.5. The number of rotatable bonds is 6. The Morgan fingerprint density at radius 3 is 2.19 bits per heavy atom. The monoisotopic (exact) mass is 418 g/mol. The molecule has 0 bridgehead atoms. The molecule has 0 spiro atoms. The van der Waals surface area contributed by atoms with E-state index in [2.05, 4.69) is 63.9 Å². The second-order valence-corrected chi connectivity index (χ2v) is 7.56. The second-order valence-electron chi connectivity index (χ2n) is 7.56. The van der Waals surface area contributed by atoms with E-state index in [4.69, 9.17) is 0 Å². The smallest absolute Gasteiger partial charge is 0.256 e. The van der Waals surface area contributed by atoms with Crippen LogP contribution in [0.15, 0.2) is 103 Å². The van der Waals surface area contributed by atoms with Crippen LogP contribution in [-0.2, 0) is 6.42 Å². The first-order valence-corrected chi connectivity index (χ1v) is 10.6. The van der Waals surface area contributed by atoms with Gasteiger partial charge in [0.25, 0.3) is 5.91 Å². The molecule has 32 heavy (non-hydrogen) atoms. The first-order valence-electron chi connectivity index (χ1n) is 10.6. The van der Waals surface area contributed by atoms with Crippen molar-refractivity contribution >= 4 is 11.6 Å². The molecule has 5 nitrogen and oxygen atoms in total. The average Bonchev–Trinajstić information content (AvgIpc) is 3.30. The molecular weight excluding hydrogens is 396 g/mol. The van der Waals surface area contributed by atoms with E-state index in [0.29, 0.717) is 17.8 Å². The third kappa shape index (κ3) is 4.01. The zero-order valence-corrected chi connectivity index (χ0v) is 17.5. The standard InChI is InChI=1S/C27H22N4O/c32-27(29-17-15-20-7-3-1-4-8-20)24-19-30-31-25(16-18-28-26(24)31)23-13-11-22(12-14-23)21-9-5-2-6-10-21/h1-14,16,18-19H,15,17H2,(H,29,32). The van der Waals surface area contributed by atoms with Crippen molar-refractivity contribution < 1.29 is 4.79 Å². The highest BCUT2D eigenvalue weighted by atomic mass is 16.1. The quantitative estimate of drug-likeness (QED) is 0.420. The van der Waals surface area contributed by atoms with Gasteiger partial charge in [-0.2, -0.15) is 5.10 Å². The fraction of sp³-hybridized carbons (Fsp3) is 0.0741. The molecular formula is C27H22N4O. The van der Waals surface area contributed by atoms with E-state index in [1.807, 2.05) is 42.5 Å². The highest BCUT2D eigenvalue weighted by Gasteiger charge is 2.16. The van der Waals surface area contributed by atoms with Crippen LogP contribution in [0.25, 0.3) is 28.0 Å². The van der Waals surface area contributed by atoms with Crippen molar-refractivity contribution in [2.75, 3.05) is 6.54 Å². The number of benzene rings is 3. The second kappa shape index (κ2) is 8.86. The van der Waals surface area contributed by atoms with Crippen LogP contribution in [0.1, 0.15) is 15.9 Å². The number of nitrogens with zero attached hydrogens (tertiary/aromatic N) is 3. The van der Waals surface area contributed by atoms with Crippen molar-refractivity contribution in [3.63, 3.8) is 0 Å². The average molecular weight is 419 g/mol. The summed E-state index contributed by atoms with van der Waals surface area (Å²) in [5.74, 6) is -0.167. The van der Waals surface area contributed by atoms with Gasteiger partial charge in [0.2, 0.25) is 0 Å². The van der Waals surface area contributed by atoms with Gasteiger partial charge in [-0.05, 0) is 29.2 Å². The first kappa shape index (κ1) is 19.7. The van der Waals surface area contributed by atoms with Gasteiger partial charge in [0.15, 0.2) is 5.65 Å². The van der Waals surface area contributed by atoms with Crippen LogP contribution >= 0.6 is 0 Å². The molecule has 5 heteroatoms. The van der Waals surface area contributed by atoms with Gasteiger partial charge < -0.3 is 5.32 Å². The molecule has 0 aliphatic heterocycles. The fourth-order valence-electron chi connectivity index (χ4n) is 3.79. The first-order chi connectivity index (χ1) is 15.8. The maximum absolute atomic E-state index is 12.8. The van der Waals surface area contributed by atoms with Crippen LogP contribution in [0.2, 0.25) is 0 Å². The Labute approximate surface area is 186 Å². The number of carbonyl (C=O) groups excluding carboxylic acids is 1. The van der Waals surface area contributed by atoms with E-state index < -0.39 is 0 Å². The lowest BCUT2D eigenvalue weighted by atomic mass is 10.0. The summed E-state index contributed by atoms with van der Waals surface area (Å²) in [4.78, 5) is 17.2. The van der Waals surface area contributed by atoms with Crippen molar-refractivity contribution in [1.82, 2.24) is 19.9 Å². The number of carbonyl (C=O) groups is 1. The molecule has 0 unspecified atom stereocenters. The number of aromatic nitrogens is 3. The van der Waals surface area contributed by atoms with Gasteiger partial charge in [-0.1, -0.05) is 84.9 Å². The third-order valence-corrected chi connectivity index (χ3v) is 5.48. The van der Waals surface area contributed by atoms with E-state index in [0.717, 1.165) is 23.2 Å². The van der Waals surface area contributed by atoms with Crippen LogP contribution in [0.3, 0.4) is 0 Å². The molecule has 0 aliphatic rings. The minimum absolute atomic E-state index is 0.167. The van der Waals surface area contributed by atoms with Crippen LogP contribution in [0.4, 0.5) is 0 Å². The van der Waals surface area contributed by atoms with Gasteiger partial charge in [-0.3, -0.25) is 4.79 Å². The van der Waals surface area contributed by atoms with E-state index in [1.54, 1.807) is 16.9 Å². The van der Waals surface area contributed by atoms with Crippen LogP contribution in [0, 0.1) is 0 Å². The summed E-state index contributed by atoms with van der Waals surface area (Å²) in [5.41, 5.74) is 6.43. The minimum Gasteiger partial charge on any atom is -0.352 e. The summed E-state index contributed by atoms with van der Waals surface area (Å²) < 4.78 is 1.73. The topological polar surface area (TPSA) is 59.3 Å². The molecule has 3 aromatic carbocycles. The number of hydrogen-bond donors (Lipinski definition) is 1. The Morgan fingerprint density at radius 1 is 0.781 bits per heavy atom. The normalized spacial score (nSPS) is 10.9. The van der Waals surface area contributed by atoms with Gasteiger partial charge in [0.1, 0.15) is 5.56 Å². The maximum Gasteiger partial charge on any atom is 0.256 e. The fourth-order valence-corrected chi connectivity index (χ4v) is 3.79. The Hall–Kier alpha value is -4.25. The maximum atomic E-state index is 12.8. The molecule has 0 fully saturated rings. The van der Waals surface area contributed by atoms with Gasteiger partial charge in [-0.15, -0.1) is 0 Å². The molecule has 0 saturated carbocycles. The van der Waals surface area contributed by atoms with Gasteiger partial charge in [0, 0.05) is 18.3 Å². The predicted octanol–water partition coefficient (Wildman–Crippen LogP) is 5.04. The Morgan fingerprint density at radius 2 is 1.44 bits per heavy atom. The molecule has 5 aromatic rings. The Kier molecular flexibility index (Phi) is 5.45. The molecule has 1 amide bonds. The van der Waals surface area contributed by atoms with Gasteiger partial charge >= 0.3 is 0 Å². The SMILES string of the molecule is O=C(NCCc1ccccc1)c1cnn2c(-c3ccc(-c4ccccc4)cc3)ccnc12. The number of amides is 1. The molecule has 0 radical (unpaired) electrons. The van der Waals surface area contributed by atoms with E-state index in [9.17, 15) is 4.79 Å². The summed E-state index contributed by atoms with van der Waals surface area (Å²) in [6.07, 6.45) is 4.08. The molecule has 2 aromatic heterocycles. The van der Waals surface area contributed by atoms with Gasteiger partial charge in [-0.25, -0.2) is 9.50 Å². The molecule has 156 valence electrons. The van der Waals surface area contributed by atoms with Crippen molar-refractivity contribution in [2.24, 2.45) is 0 Å². The van der Waals surface area contributed by atoms with Crippen LogP contribution in [0.5, 0.6) is 0 Å².